The number of ether oxygens (including phenoxy) is 3. The maximum absolute atomic E-state index is 12.6. The molecular formula is C16H19NO7. The number of carbonyl (C=O) groups excluding carboxylic acids is 3. The van der Waals surface area contributed by atoms with Crippen LogP contribution in [-0.2, 0) is 14.2 Å². The summed E-state index contributed by atoms with van der Waals surface area (Å²) in [7, 11) is 2.47. The molecule has 2 rings (SSSR count). The number of esters is 1. The van der Waals surface area contributed by atoms with Gasteiger partial charge in [-0.15, -0.1) is 0 Å². The Morgan fingerprint density at radius 2 is 1.79 bits per heavy atom. The summed E-state index contributed by atoms with van der Waals surface area (Å²) in [5.74, 6) is -1.19. The first-order valence-corrected chi connectivity index (χ1v) is 7.41. The number of phenols is 1. The van der Waals surface area contributed by atoms with Crippen molar-refractivity contribution in [2.24, 2.45) is 0 Å². The Labute approximate surface area is 138 Å². The molecule has 0 spiro atoms. The Morgan fingerprint density at radius 1 is 1.12 bits per heavy atom. The van der Waals surface area contributed by atoms with Crippen molar-refractivity contribution in [2.75, 3.05) is 27.3 Å². The molecule has 1 aromatic carbocycles. The zero-order valence-corrected chi connectivity index (χ0v) is 13.5. The molecule has 1 aliphatic heterocycles. The second-order valence-electron chi connectivity index (χ2n) is 5.29. The fraction of sp³-hybridized carbons (Fsp3) is 0.438. The van der Waals surface area contributed by atoms with Crippen molar-refractivity contribution < 1.29 is 33.7 Å². The maximum Gasteiger partial charge on any atom is 0.508 e. The molecule has 130 valence electrons. The normalized spacial score (nSPS) is 14.8. The first kappa shape index (κ1) is 17.6. The first-order valence-electron chi connectivity index (χ1n) is 7.41. The highest BCUT2D eigenvalue weighted by atomic mass is 16.7. The van der Waals surface area contributed by atoms with Crippen LogP contribution < -0.4 is 0 Å². The van der Waals surface area contributed by atoms with Gasteiger partial charge in [0.1, 0.15) is 11.9 Å². The van der Waals surface area contributed by atoms with Gasteiger partial charge in [0.05, 0.1) is 25.3 Å². The maximum atomic E-state index is 12.6. The average Bonchev–Trinajstić information content (AvgIpc) is 2.61. The summed E-state index contributed by atoms with van der Waals surface area (Å²) in [6.45, 7) is 0.727. The van der Waals surface area contributed by atoms with Gasteiger partial charge in [-0.05, 0) is 18.2 Å². The number of likely N-dealkylation sites (tertiary alicyclic amines) is 1. The molecule has 0 aliphatic carbocycles. The van der Waals surface area contributed by atoms with Crippen molar-refractivity contribution in [3.05, 3.63) is 29.3 Å². The number of amides is 1. The summed E-state index contributed by atoms with van der Waals surface area (Å²) in [5.41, 5.74) is 0.216. The van der Waals surface area contributed by atoms with E-state index >= 15 is 0 Å². The van der Waals surface area contributed by atoms with Crippen LogP contribution >= 0.6 is 0 Å². The van der Waals surface area contributed by atoms with E-state index in [4.69, 9.17) is 4.74 Å². The zero-order valence-electron chi connectivity index (χ0n) is 13.5. The van der Waals surface area contributed by atoms with Crippen LogP contribution in [0.4, 0.5) is 4.79 Å². The molecule has 1 heterocycles. The van der Waals surface area contributed by atoms with Crippen LogP contribution in [0.5, 0.6) is 5.75 Å². The number of hydrogen-bond donors (Lipinski definition) is 1. The predicted octanol–water partition coefficient (Wildman–Crippen LogP) is 1.57. The molecule has 0 unspecified atom stereocenters. The first-order chi connectivity index (χ1) is 11.5. The van der Waals surface area contributed by atoms with E-state index in [9.17, 15) is 19.5 Å². The van der Waals surface area contributed by atoms with E-state index in [-0.39, 0.29) is 23.0 Å². The van der Waals surface area contributed by atoms with E-state index in [0.29, 0.717) is 25.9 Å². The number of hydrogen-bond acceptors (Lipinski definition) is 7. The van der Waals surface area contributed by atoms with Crippen molar-refractivity contribution in [1.82, 2.24) is 4.90 Å². The van der Waals surface area contributed by atoms with Gasteiger partial charge in [0.15, 0.2) is 0 Å². The minimum absolute atomic E-state index is 0.0326. The standard InChI is InChI=1S/C16H19NO7/c1-22-15(20)10-3-4-13(18)12(9-10)14(19)17-7-5-11(6-8-17)24-16(21)23-2/h3-4,9,11,18H,5-8H2,1-2H3. The molecule has 8 heteroatoms. The van der Waals surface area contributed by atoms with Gasteiger partial charge >= 0.3 is 12.1 Å². The number of rotatable bonds is 3. The Hall–Kier alpha value is -2.77. The van der Waals surface area contributed by atoms with E-state index in [1.807, 2.05) is 0 Å². The Morgan fingerprint density at radius 3 is 2.38 bits per heavy atom. The van der Waals surface area contributed by atoms with Crippen LogP contribution in [0.1, 0.15) is 33.6 Å². The lowest BCUT2D eigenvalue weighted by Crippen LogP contribution is -2.41. The zero-order chi connectivity index (χ0) is 17.7. The molecular weight excluding hydrogens is 318 g/mol. The monoisotopic (exact) mass is 337 g/mol. The number of piperidine rings is 1. The lowest BCUT2D eigenvalue weighted by molar-refractivity contribution is 0.0106. The van der Waals surface area contributed by atoms with E-state index in [2.05, 4.69) is 9.47 Å². The van der Waals surface area contributed by atoms with Gasteiger partial charge < -0.3 is 24.2 Å². The predicted molar refractivity (Wildman–Crippen MR) is 81.9 cm³/mol. The highest BCUT2D eigenvalue weighted by molar-refractivity contribution is 6.00. The summed E-state index contributed by atoms with van der Waals surface area (Å²) in [6.07, 6.45) is -0.115. The summed E-state index contributed by atoms with van der Waals surface area (Å²) < 4.78 is 14.1. The molecule has 1 amide bonds. The highest BCUT2D eigenvalue weighted by Gasteiger charge is 2.27. The van der Waals surface area contributed by atoms with Crippen LogP contribution in [0, 0.1) is 0 Å². The van der Waals surface area contributed by atoms with Crippen LogP contribution in [0.2, 0.25) is 0 Å². The molecule has 1 fully saturated rings. The number of phenolic OH excluding ortho intramolecular Hbond substituents is 1. The molecule has 0 aromatic heterocycles. The van der Waals surface area contributed by atoms with Gasteiger partial charge in [-0.1, -0.05) is 0 Å². The average molecular weight is 337 g/mol. The third-order valence-electron chi connectivity index (χ3n) is 3.81. The SMILES string of the molecule is COC(=O)OC1CCN(C(=O)c2cc(C(=O)OC)ccc2O)CC1. The van der Waals surface area contributed by atoms with Gasteiger partial charge in [-0.3, -0.25) is 4.79 Å². The number of carbonyl (C=O) groups is 3. The van der Waals surface area contributed by atoms with Crippen molar-refractivity contribution in [2.45, 2.75) is 18.9 Å². The van der Waals surface area contributed by atoms with Crippen LogP contribution in [0.3, 0.4) is 0 Å². The van der Waals surface area contributed by atoms with Gasteiger partial charge in [0, 0.05) is 25.9 Å². The second-order valence-corrected chi connectivity index (χ2v) is 5.29. The third-order valence-corrected chi connectivity index (χ3v) is 3.81. The topological polar surface area (TPSA) is 102 Å². The van der Waals surface area contributed by atoms with Gasteiger partial charge in [0.25, 0.3) is 5.91 Å². The van der Waals surface area contributed by atoms with Crippen LogP contribution in [-0.4, -0.2) is 61.5 Å². The largest absolute Gasteiger partial charge is 0.508 e. The molecule has 0 bridgehead atoms. The number of aromatic hydroxyl groups is 1. The van der Waals surface area contributed by atoms with E-state index < -0.39 is 18.0 Å². The number of benzene rings is 1. The van der Waals surface area contributed by atoms with Crippen molar-refractivity contribution in [3.63, 3.8) is 0 Å². The van der Waals surface area contributed by atoms with E-state index in [1.54, 1.807) is 0 Å². The number of methoxy groups -OCH3 is 2. The number of nitrogens with zero attached hydrogens (tertiary/aromatic N) is 1. The summed E-state index contributed by atoms with van der Waals surface area (Å²) in [5, 5.41) is 9.91. The fourth-order valence-electron chi connectivity index (χ4n) is 2.48. The molecule has 1 aliphatic rings. The van der Waals surface area contributed by atoms with Crippen LogP contribution in [0.25, 0.3) is 0 Å². The summed E-state index contributed by atoms with van der Waals surface area (Å²) in [6, 6.07) is 3.97. The molecule has 1 saturated heterocycles. The minimum Gasteiger partial charge on any atom is -0.507 e. The summed E-state index contributed by atoms with van der Waals surface area (Å²) >= 11 is 0. The Kier molecular flexibility index (Phi) is 5.62. The van der Waals surface area contributed by atoms with Crippen molar-refractivity contribution >= 4 is 18.0 Å². The smallest absolute Gasteiger partial charge is 0.507 e. The Bertz CT molecular complexity index is 635. The molecule has 8 nitrogen and oxygen atoms in total. The van der Waals surface area contributed by atoms with Crippen LogP contribution in [0.15, 0.2) is 18.2 Å². The molecule has 24 heavy (non-hydrogen) atoms. The lowest BCUT2D eigenvalue weighted by atomic mass is 10.0. The van der Waals surface area contributed by atoms with E-state index in [1.165, 1.54) is 37.3 Å². The molecule has 1 N–H and O–H groups in total. The molecule has 0 saturated carbocycles. The highest BCUT2D eigenvalue weighted by Crippen LogP contribution is 2.23. The van der Waals surface area contributed by atoms with Gasteiger partial charge in [-0.25, -0.2) is 9.59 Å². The van der Waals surface area contributed by atoms with Gasteiger partial charge in [0.2, 0.25) is 0 Å². The lowest BCUT2D eigenvalue weighted by Gasteiger charge is -2.31. The molecule has 0 atom stereocenters. The van der Waals surface area contributed by atoms with E-state index in [0.717, 1.165) is 0 Å². The molecule has 1 aromatic rings. The third kappa shape index (κ3) is 3.95. The minimum atomic E-state index is -0.747. The fourth-order valence-corrected chi connectivity index (χ4v) is 2.48. The quantitative estimate of drug-likeness (QED) is 0.835. The second kappa shape index (κ2) is 7.67. The van der Waals surface area contributed by atoms with Crippen molar-refractivity contribution in [3.8, 4) is 5.75 Å². The summed E-state index contributed by atoms with van der Waals surface area (Å²) in [4.78, 5) is 36.7. The van der Waals surface area contributed by atoms with Gasteiger partial charge in [-0.2, -0.15) is 0 Å². The van der Waals surface area contributed by atoms with Crippen molar-refractivity contribution in [1.29, 1.82) is 0 Å². The Balaban J connectivity index is 2.05. The molecule has 0 radical (unpaired) electrons.